The lowest BCUT2D eigenvalue weighted by Gasteiger charge is -1.96. The van der Waals surface area contributed by atoms with Crippen LogP contribution in [-0.4, -0.2) is 13.2 Å². The number of hydrogen-bond acceptors (Lipinski definition) is 3. The summed E-state index contributed by atoms with van der Waals surface area (Å²) in [6.45, 7) is 1.19. The van der Waals surface area contributed by atoms with Crippen molar-refractivity contribution in [1.29, 1.82) is 0 Å². The zero-order valence-corrected chi connectivity index (χ0v) is 5.11. The van der Waals surface area contributed by atoms with Gasteiger partial charge >= 0.3 is 8.60 Å². The first-order valence-electron chi connectivity index (χ1n) is 1.78. The molecule has 0 radical (unpaired) electrons. The Balaban J connectivity index is 2.14. The molecule has 0 aromatic rings. The average Bonchev–Trinajstić information content (AvgIpc) is 2.14. The Morgan fingerprint density at radius 3 is 2.29 bits per heavy atom. The highest BCUT2D eigenvalue weighted by atomic mass is 35.5. The second-order valence-electron chi connectivity index (χ2n) is 0.959. The average molecular weight is 142 g/mol. The van der Waals surface area contributed by atoms with E-state index in [-0.39, 0.29) is 0 Å². The Hall–Kier alpha value is 0.600. The van der Waals surface area contributed by atoms with Gasteiger partial charge in [-0.15, -0.1) is 0 Å². The van der Waals surface area contributed by atoms with Gasteiger partial charge in [-0.2, -0.15) is 4.08 Å². The predicted octanol–water partition coefficient (Wildman–Crippen LogP) is 1.43. The molecule has 0 amide bonds. The summed E-state index contributed by atoms with van der Waals surface area (Å²) in [5.41, 5.74) is 0. The first-order valence-corrected chi connectivity index (χ1v) is 3.18. The van der Waals surface area contributed by atoms with Gasteiger partial charge in [-0.3, -0.25) is 0 Å². The Labute approximate surface area is 47.7 Å². The normalized spacial score (nSPS) is 23.6. The van der Waals surface area contributed by atoms with Crippen molar-refractivity contribution in [3.8, 4) is 0 Å². The van der Waals surface area contributed by atoms with Gasteiger partial charge in [-0.25, -0.2) is 0 Å². The first kappa shape index (κ1) is 5.73. The van der Waals surface area contributed by atoms with Gasteiger partial charge in [0.15, 0.2) is 0 Å². The Morgan fingerprint density at radius 1 is 1.43 bits per heavy atom. The minimum atomic E-state index is -1.18. The molecule has 1 aliphatic rings. The van der Waals surface area contributed by atoms with Crippen LogP contribution in [0.5, 0.6) is 0 Å². The summed E-state index contributed by atoms with van der Waals surface area (Å²) in [4.78, 5) is 0. The van der Waals surface area contributed by atoms with Crippen molar-refractivity contribution >= 4 is 20.5 Å². The molecule has 7 heavy (non-hydrogen) atoms. The third kappa shape index (κ3) is 1.52. The van der Waals surface area contributed by atoms with E-state index in [9.17, 15) is 0 Å². The van der Waals surface area contributed by atoms with Crippen molar-refractivity contribution in [1.82, 2.24) is 0 Å². The van der Waals surface area contributed by atoms with Crippen LogP contribution in [0.3, 0.4) is 0 Å². The second kappa shape index (κ2) is 2.80. The molecule has 0 aromatic carbocycles. The maximum atomic E-state index is 4.89. The molecule has 3 nitrogen and oxygen atoms in total. The van der Waals surface area contributed by atoms with E-state index in [1.54, 1.807) is 0 Å². The van der Waals surface area contributed by atoms with E-state index >= 15 is 0 Å². The van der Waals surface area contributed by atoms with Crippen molar-refractivity contribution < 1.29 is 13.1 Å². The molecular weight excluding hydrogens is 138 g/mol. The third-order valence-corrected chi connectivity index (χ3v) is 1.77. The Morgan fingerprint density at radius 2 is 2.00 bits per heavy atom. The topological polar surface area (TPSA) is 27.7 Å². The van der Waals surface area contributed by atoms with E-state index in [2.05, 4.69) is 4.08 Å². The van der Waals surface area contributed by atoms with Gasteiger partial charge in [0.1, 0.15) is 0 Å². The molecular formula is C2H4ClO3P. The maximum absolute atomic E-state index is 4.89. The zero-order chi connectivity index (χ0) is 5.11. The van der Waals surface area contributed by atoms with Gasteiger partial charge in [0.05, 0.1) is 25.1 Å². The van der Waals surface area contributed by atoms with Crippen LogP contribution >= 0.6 is 20.5 Å². The molecule has 0 unspecified atom stereocenters. The van der Waals surface area contributed by atoms with E-state index in [1.807, 2.05) is 0 Å². The summed E-state index contributed by atoms with van der Waals surface area (Å²) >= 11 is 4.89. The largest absolute Gasteiger partial charge is 0.350 e. The molecule has 5 heteroatoms. The van der Waals surface area contributed by atoms with Crippen molar-refractivity contribution in [3.63, 3.8) is 0 Å². The molecule has 0 aliphatic carbocycles. The van der Waals surface area contributed by atoms with Crippen molar-refractivity contribution in [2.45, 2.75) is 0 Å². The fraction of sp³-hybridized carbons (Fsp3) is 1.00. The molecule has 1 rings (SSSR count). The Bertz CT molecular complexity index is 54.9. The van der Waals surface area contributed by atoms with Crippen LogP contribution in [-0.2, 0) is 13.1 Å². The highest BCUT2D eigenvalue weighted by Gasteiger charge is 2.17. The molecule has 0 N–H and O–H groups in total. The highest BCUT2D eigenvalue weighted by Crippen LogP contribution is 2.44. The van der Waals surface area contributed by atoms with Crippen molar-refractivity contribution in [3.05, 3.63) is 0 Å². The summed E-state index contributed by atoms with van der Waals surface area (Å²) in [7, 11) is -1.18. The monoisotopic (exact) mass is 142 g/mol. The van der Waals surface area contributed by atoms with Crippen LogP contribution in [0.15, 0.2) is 0 Å². The highest BCUT2D eigenvalue weighted by molar-refractivity contribution is 7.43. The van der Waals surface area contributed by atoms with Crippen LogP contribution in [0, 0.1) is 0 Å². The second-order valence-corrected chi connectivity index (χ2v) is 2.47. The quantitative estimate of drug-likeness (QED) is 0.519. The molecule has 1 saturated heterocycles. The molecule has 1 aliphatic heterocycles. The molecule has 42 valence electrons. The van der Waals surface area contributed by atoms with E-state index in [0.29, 0.717) is 13.2 Å². The minimum absolute atomic E-state index is 0.596. The van der Waals surface area contributed by atoms with Crippen LogP contribution in [0.4, 0.5) is 0 Å². The lowest BCUT2D eigenvalue weighted by Crippen LogP contribution is -1.79. The minimum Gasteiger partial charge on any atom is -0.309 e. The third-order valence-electron chi connectivity index (χ3n) is 0.533. The van der Waals surface area contributed by atoms with Crippen molar-refractivity contribution in [2.75, 3.05) is 13.2 Å². The molecule has 0 spiro atoms. The number of hydrogen-bond donors (Lipinski definition) is 0. The standard InChI is InChI=1S/C2H4ClO3P/c3-6-7-4-1-2-5-7/h1-2H2. The molecule has 1 fully saturated rings. The lowest BCUT2D eigenvalue weighted by atomic mass is 10.8. The van der Waals surface area contributed by atoms with Crippen LogP contribution in [0.25, 0.3) is 0 Å². The fourth-order valence-electron chi connectivity index (χ4n) is 0.301. The maximum Gasteiger partial charge on any atom is 0.350 e. The summed E-state index contributed by atoms with van der Waals surface area (Å²) in [6, 6.07) is 0. The van der Waals surface area contributed by atoms with Gasteiger partial charge in [0.25, 0.3) is 0 Å². The summed E-state index contributed by atoms with van der Waals surface area (Å²) in [5.74, 6) is 0. The summed E-state index contributed by atoms with van der Waals surface area (Å²) in [5, 5.41) is 0. The fourth-order valence-corrected chi connectivity index (χ4v) is 1.14. The van der Waals surface area contributed by atoms with Gasteiger partial charge in [-0.1, -0.05) is 0 Å². The molecule has 0 bridgehead atoms. The van der Waals surface area contributed by atoms with Gasteiger partial charge in [-0.05, 0) is 0 Å². The smallest absolute Gasteiger partial charge is 0.309 e. The zero-order valence-electron chi connectivity index (χ0n) is 3.46. The number of halogens is 1. The van der Waals surface area contributed by atoms with E-state index in [0.717, 1.165) is 0 Å². The Kier molecular flexibility index (Phi) is 2.29. The molecule has 0 aromatic heterocycles. The molecule has 0 atom stereocenters. The van der Waals surface area contributed by atoms with Crippen LogP contribution < -0.4 is 0 Å². The molecule has 1 heterocycles. The molecule has 0 saturated carbocycles. The van der Waals surface area contributed by atoms with Crippen LogP contribution in [0.1, 0.15) is 0 Å². The predicted molar refractivity (Wildman–Crippen MR) is 25.8 cm³/mol. The van der Waals surface area contributed by atoms with E-state index in [1.165, 1.54) is 0 Å². The van der Waals surface area contributed by atoms with Gasteiger partial charge in [0, 0.05) is 0 Å². The van der Waals surface area contributed by atoms with E-state index < -0.39 is 8.60 Å². The first-order chi connectivity index (χ1) is 3.43. The van der Waals surface area contributed by atoms with Gasteiger partial charge in [0.2, 0.25) is 0 Å². The number of rotatable bonds is 1. The lowest BCUT2D eigenvalue weighted by molar-refractivity contribution is 0.365. The summed E-state index contributed by atoms with van der Waals surface area (Å²) in [6.07, 6.45) is 0. The summed E-state index contributed by atoms with van der Waals surface area (Å²) < 4.78 is 13.8. The van der Waals surface area contributed by atoms with Gasteiger partial charge < -0.3 is 9.05 Å². The van der Waals surface area contributed by atoms with Crippen LogP contribution in [0.2, 0.25) is 0 Å². The van der Waals surface area contributed by atoms with E-state index in [4.69, 9.17) is 20.9 Å². The SMILES string of the molecule is ClOP1OCCO1. The van der Waals surface area contributed by atoms with Crippen molar-refractivity contribution in [2.24, 2.45) is 0 Å².